The lowest BCUT2D eigenvalue weighted by Crippen LogP contribution is -2.46. The van der Waals surface area contributed by atoms with Gasteiger partial charge < -0.3 is 15.5 Å². The Bertz CT molecular complexity index is 490. The molecule has 0 spiro atoms. The summed E-state index contributed by atoms with van der Waals surface area (Å²) in [7, 11) is 0. The largest absolute Gasteiger partial charge is 0.479 e. The molecule has 1 heterocycles. The minimum Gasteiger partial charge on any atom is -0.479 e. The van der Waals surface area contributed by atoms with E-state index < -0.39 is 17.5 Å². The van der Waals surface area contributed by atoms with Crippen LogP contribution in [0.5, 0.6) is 0 Å². The number of aliphatic carboxylic acids is 1. The Balaban J connectivity index is 2.81. The van der Waals surface area contributed by atoms with Gasteiger partial charge in [-0.15, -0.1) is 5.10 Å². The predicted octanol–water partition coefficient (Wildman–Crippen LogP) is 0.401. The van der Waals surface area contributed by atoms with Crippen molar-refractivity contribution in [1.82, 2.24) is 14.9 Å². The molecule has 0 aliphatic rings. The first-order valence-corrected chi connectivity index (χ1v) is 6.40. The Morgan fingerprint density at radius 2 is 1.89 bits per heavy atom. The number of nitrogens with zero attached hydrogens (tertiary/aromatic N) is 2. The second kappa shape index (κ2) is 5.22. The van der Waals surface area contributed by atoms with E-state index in [1.807, 2.05) is 20.8 Å². The van der Waals surface area contributed by atoms with Gasteiger partial charge in [0.25, 0.3) is 5.91 Å². The highest BCUT2D eigenvalue weighted by Crippen LogP contribution is 2.25. The summed E-state index contributed by atoms with van der Waals surface area (Å²) in [6.45, 7) is 6.42. The van der Waals surface area contributed by atoms with Gasteiger partial charge in [0.15, 0.2) is 5.60 Å². The van der Waals surface area contributed by atoms with Crippen molar-refractivity contribution in [3.05, 3.63) is 10.6 Å². The number of carbonyl (C=O) groups excluding carboxylic acids is 1. The standard InChI is InChI=1S/C11H17N3O4S/c1-10(2,3)7-6(19-14-13-7)8(15)12-5-11(4,18)9(16)17/h18H,5H2,1-4H3,(H,12,15)(H,16,17). The van der Waals surface area contributed by atoms with Gasteiger partial charge in [-0.25, -0.2) is 4.79 Å². The molecule has 8 heteroatoms. The van der Waals surface area contributed by atoms with Crippen molar-refractivity contribution in [3.8, 4) is 0 Å². The number of carbonyl (C=O) groups is 2. The van der Waals surface area contributed by atoms with Crippen LogP contribution in [0.4, 0.5) is 0 Å². The van der Waals surface area contributed by atoms with Gasteiger partial charge in [0.05, 0.1) is 12.2 Å². The molecule has 0 saturated carbocycles. The predicted molar refractivity (Wildman–Crippen MR) is 69.2 cm³/mol. The molecule has 3 N–H and O–H groups in total. The van der Waals surface area contributed by atoms with Gasteiger partial charge in [0.2, 0.25) is 0 Å². The third-order valence-electron chi connectivity index (χ3n) is 2.46. The Morgan fingerprint density at radius 1 is 1.32 bits per heavy atom. The zero-order chi connectivity index (χ0) is 14.8. The van der Waals surface area contributed by atoms with Crippen molar-refractivity contribution in [2.45, 2.75) is 38.7 Å². The van der Waals surface area contributed by atoms with Crippen molar-refractivity contribution in [1.29, 1.82) is 0 Å². The van der Waals surface area contributed by atoms with Gasteiger partial charge >= 0.3 is 5.97 Å². The third-order valence-corrected chi connectivity index (χ3v) is 3.18. The Morgan fingerprint density at radius 3 is 2.37 bits per heavy atom. The monoisotopic (exact) mass is 287 g/mol. The van der Waals surface area contributed by atoms with Crippen LogP contribution in [0, 0.1) is 0 Å². The molecule has 0 bridgehead atoms. The number of carboxylic acids is 1. The second-order valence-electron chi connectivity index (χ2n) is 5.46. The van der Waals surface area contributed by atoms with E-state index in [9.17, 15) is 14.7 Å². The molecule has 1 aromatic rings. The molecule has 1 amide bonds. The van der Waals surface area contributed by atoms with Crippen molar-refractivity contribution < 1.29 is 19.8 Å². The first kappa shape index (κ1) is 15.5. The average Bonchev–Trinajstić information content (AvgIpc) is 2.74. The van der Waals surface area contributed by atoms with Crippen molar-refractivity contribution in [3.63, 3.8) is 0 Å². The number of nitrogens with one attached hydrogen (secondary N) is 1. The van der Waals surface area contributed by atoms with Crippen LogP contribution in [-0.2, 0) is 10.2 Å². The van der Waals surface area contributed by atoms with Gasteiger partial charge in [-0.1, -0.05) is 25.3 Å². The highest BCUT2D eigenvalue weighted by Gasteiger charge is 2.32. The smallest absolute Gasteiger partial charge is 0.337 e. The minimum atomic E-state index is -2.00. The molecule has 19 heavy (non-hydrogen) atoms. The summed E-state index contributed by atoms with van der Waals surface area (Å²) >= 11 is 0.941. The normalized spacial score (nSPS) is 14.8. The van der Waals surface area contributed by atoms with Crippen molar-refractivity contribution in [2.24, 2.45) is 0 Å². The van der Waals surface area contributed by atoms with Crippen LogP contribution >= 0.6 is 11.5 Å². The van der Waals surface area contributed by atoms with Crippen molar-refractivity contribution in [2.75, 3.05) is 6.54 Å². The Hall–Kier alpha value is -1.54. The molecule has 1 rings (SSSR count). The summed E-state index contributed by atoms with van der Waals surface area (Å²) in [5, 5.41) is 24.6. The maximum atomic E-state index is 12.0. The number of aromatic nitrogens is 2. The summed E-state index contributed by atoms with van der Waals surface area (Å²) in [4.78, 5) is 23.0. The first-order valence-electron chi connectivity index (χ1n) is 5.62. The molecule has 106 valence electrons. The lowest BCUT2D eigenvalue weighted by Gasteiger charge is -2.19. The van der Waals surface area contributed by atoms with Gasteiger partial charge in [-0.2, -0.15) is 0 Å². The number of hydrogen-bond acceptors (Lipinski definition) is 6. The van der Waals surface area contributed by atoms with Gasteiger partial charge in [-0.3, -0.25) is 4.79 Å². The maximum absolute atomic E-state index is 12.0. The summed E-state index contributed by atoms with van der Waals surface area (Å²) in [5.41, 5.74) is -1.80. The molecule has 0 aromatic carbocycles. The van der Waals surface area contributed by atoms with Crippen LogP contribution in [0.2, 0.25) is 0 Å². The van der Waals surface area contributed by atoms with E-state index in [1.165, 1.54) is 0 Å². The van der Waals surface area contributed by atoms with E-state index >= 15 is 0 Å². The summed E-state index contributed by atoms with van der Waals surface area (Å²) < 4.78 is 3.74. The quantitative estimate of drug-likeness (QED) is 0.739. The minimum absolute atomic E-state index is 0.327. The molecule has 0 fully saturated rings. The van der Waals surface area contributed by atoms with Gasteiger partial charge in [-0.05, 0) is 18.5 Å². The highest BCUT2D eigenvalue weighted by molar-refractivity contribution is 7.08. The van der Waals surface area contributed by atoms with E-state index in [1.54, 1.807) is 0 Å². The third kappa shape index (κ3) is 3.71. The van der Waals surface area contributed by atoms with Crippen LogP contribution in [0.1, 0.15) is 43.1 Å². The Kier molecular flexibility index (Phi) is 4.26. The fourth-order valence-electron chi connectivity index (χ4n) is 1.24. The fourth-order valence-corrected chi connectivity index (χ4v) is 2.03. The molecule has 1 unspecified atom stereocenters. The summed E-state index contributed by atoms with van der Waals surface area (Å²) in [6.07, 6.45) is 0. The molecule has 1 aromatic heterocycles. The number of rotatable bonds is 4. The Labute approximate surface area is 114 Å². The molecule has 0 radical (unpaired) electrons. The molecule has 0 aliphatic heterocycles. The van der Waals surface area contributed by atoms with Crippen molar-refractivity contribution >= 4 is 23.4 Å². The van der Waals surface area contributed by atoms with E-state index in [4.69, 9.17) is 5.11 Å². The van der Waals surface area contributed by atoms with Gasteiger partial charge in [0.1, 0.15) is 4.88 Å². The molecule has 1 atom stereocenters. The first-order chi connectivity index (χ1) is 8.55. The molecule has 0 aliphatic carbocycles. The second-order valence-corrected chi connectivity index (χ2v) is 6.22. The summed E-state index contributed by atoms with van der Waals surface area (Å²) in [6, 6.07) is 0. The molecular formula is C11H17N3O4S. The average molecular weight is 287 g/mol. The number of aliphatic hydroxyl groups is 1. The number of amides is 1. The van der Waals surface area contributed by atoms with E-state index in [2.05, 4.69) is 14.9 Å². The van der Waals surface area contributed by atoms with Crippen LogP contribution < -0.4 is 5.32 Å². The van der Waals surface area contributed by atoms with Crippen LogP contribution in [0.3, 0.4) is 0 Å². The number of carboxylic acid groups (broad SMARTS) is 1. The lowest BCUT2D eigenvalue weighted by atomic mass is 9.91. The van der Waals surface area contributed by atoms with E-state index in [0.29, 0.717) is 10.6 Å². The maximum Gasteiger partial charge on any atom is 0.337 e. The SMILES string of the molecule is CC(O)(CNC(=O)c1snnc1C(C)(C)C)C(=O)O. The molecule has 0 saturated heterocycles. The van der Waals surface area contributed by atoms with Crippen LogP contribution in [0.25, 0.3) is 0 Å². The molecular weight excluding hydrogens is 270 g/mol. The van der Waals surface area contributed by atoms with E-state index in [0.717, 1.165) is 18.5 Å². The topological polar surface area (TPSA) is 112 Å². The van der Waals surface area contributed by atoms with E-state index in [-0.39, 0.29) is 12.0 Å². The van der Waals surface area contributed by atoms with Crippen LogP contribution in [-0.4, -0.2) is 43.8 Å². The zero-order valence-electron chi connectivity index (χ0n) is 11.2. The lowest BCUT2D eigenvalue weighted by molar-refractivity contribution is -0.155. The zero-order valence-corrected chi connectivity index (χ0v) is 12.0. The fraction of sp³-hybridized carbons (Fsp3) is 0.636. The highest BCUT2D eigenvalue weighted by atomic mass is 32.1. The summed E-state index contributed by atoms with van der Waals surface area (Å²) in [5.74, 6) is -1.88. The molecule has 7 nitrogen and oxygen atoms in total. The van der Waals surface area contributed by atoms with Crippen LogP contribution in [0.15, 0.2) is 0 Å². The van der Waals surface area contributed by atoms with Gasteiger partial charge in [0, 0.05) is 5.41 Å². The number of hydrogen-bond donors (Lipinski definition) is 3.